The van der Waals surface area contributed by atoms with E-state index in [0.717, 1.165) is 11.1 Å². The first kappa shape index (κ1) is 16.3. The van der Waals surface area contributed by atoms with E-state index in [2.05, 4.69) is 0 Å². The summed E-state index contributed by atoms with van der Waals surface area (Å²) in [6.07, 6.45) is 0. The van der Waals surface area contributed by atoms with Crippen molar-refractivity contribution in [1.82, 2.24) is 0 Å². The fourth-order valence-corrected chi connectivity index (χ4v) is 4.72. The molecule has 0 aliphatic rings. The molecular formula is C14H23FO3Si. The molecule has 19 heavy (non-hydrogen) atoms. The first-order chi connectivity index (χ1) is 9.06. The van der Waals surface area contributed by atoms with Gasteiger partial charge in [-0.25, -0.2) is 4.39 Å². The number of hydrogen-bond acceptors (Lipinski definition) is 3. The van der Waals surface area contributed by atoms with Crippen LogP contribution >= 0.6 is 0 Å². The summed E-state index contributed by atoms with van der Waals surface area (Å²) in [7, 11) is -2.76. The second-order valence-electron chi connectivity index (χ2n) is 4.23. The third-order valence-electron chi connectivity index (χ3n) is 2.81. The van der Waals surface area contributed by atoms with Gasteiger partial charge in [-0.3, -0.25) is 0 Å². The smallest absolute Gasteiger partial charge is 0.374 e. The van der Waals surface area contributed by atoms with E-state index < -0.39 is 8.80 Å². The van der Waals surface area contributed by atoms with Crippen molar-refractivity contribution >= 4 is 8.80 Å². The minimum atomic E-state index is -2.76. The predicted octanol–water partition coefficient (Wildman–Crippen LogP) is 3.26. The highest BCUT2D eigenvalue weighted by molar-refractivity contribution is 6.60. The first-order valence-corrected chi connectivity index (χ1v) is 8.67. The van der Waals surface area contributed by atoms with Crippen molar-refractivity contribution < 1.29 is 17.7 Å². The summed E-state index contributed by atoms with van der Waals surface area (Å²) in [5.41, 5.74) is 1.92. The molecule has 0 saturated heterocycles. The summed E-state index contributed by atoms with van der Waals surface area (Å²) >= 11 is 0. The molecule has 0 amide bonds. The van der Waals surface area contributed by atoms with Crippen LogP contribution in [0.4, 0.5) is 4.39 Å². The Hall–Kier alpha value is -0.753. The molecule has 0 saturated carbocycles. The van der Waals surface area contributed by atoms with Crippen LogP contribution in [-0.4, -0.2) is 28.6 Å². The molecule has 1 rings (SSSR count). The Morgan fingerprint density at radius 1 is 1.00 bits per heavy atom. The Labute approximate surface area is 116 Å². The summed E-state index contributed by atoms with van der Waals surface area (Å²) in [5.74, 6) is -0.243. The lowest BCUT2D eigenvalue weighted by atomic mass is 10.1. The van der Waals surface area contributed by atoms with E-state index in [1.54, 1.807) is 6.07 Å². The predicted molar refractivity (Wildman–Crippen MR) is 75.5 cm³/mol. The van der Waals surface area contributed by atoms with Crippen molar-refractivity contribution in [3.8, 4) is 0 Å². The molecule has 0 heterocycles. The van der Waals surface area contributed by atoms with Crippen LogP contribution in [0.15, 0.2) is 18.2 Å². The standard InChI is InChI=1S/C14H23FO3Si/c1-5-16-19(17-6-2,18-7-3)11-13-10-14(15)9-8-12(13)4/h8-10H,5-7,11H2,1-4H3. The quantitative estimate of drug-likeness (QED) is 0.687. The molecule has 0 aliphatic carbocycles. The molecule has 1 aromatic carbocycles. The molecule has 3 nitrogen and oxygen atoms in total. The van der Waals surface area contributed by atoms with Crippen LogP contribution in [0, 0.1) is 12.7 Å². The maximum absolute atomic E-state index is 13.4. The maximum Gasteiger partial charge on any atom is 0.505 e. The van der Waals surface area contributed by atoms with Crippen molar-refractivity contribution in [2.75, 3.05) is 19.8 Å². The third kappa shape index (κ3) is 4.69. The molecule has 5 heteroatoms. The topological polar surface area (TPSA) is 27.7 Å². The molecule has 0 aromatic heterocycles. The third-order valence-corrected chi connectivity index (χ3v) is 5.81. The van der Waals surface area contributed by atoms with Crippen molar-refractivity contribution in [1.29, 1.82) is 0 Å². The molecule has 108 valence electrons. The first-order valence-electron chi connectivity index (χ1n) is 6.73. The lowest BCUT2D eigenvalue weighted by Gasteiger charge is -2.29. The fourth-order valence-electron chi connectivity index (χ4n) is 2.00. The van der Waals surface area contributed by atoms with Gasteiger partial charge in [-0.15, -0.1) is 0 Å². The van der Waals surface area contributed by atoms with Crippen LogP contribution in [0.1, 0.15) is 31.9 Å². The van der Waals surface area contributed by atoms with Crippen molar-refractivity contribution in [2.24, 2.45) is 0 Å². The number of benzene rings is 1. The minimum absolute atomic E-state index is 0.243. The average molecular weight is 286 g/mol. The van der Waals surface area contributed by atoms with Crippen molar-refractivity contribution in [3.05, 3.63) is 35.1 Å². The molecule has 0 N–H and O–H groups in total. The highest BCUT2D eigenvalue weighted by Crippen LogP contribution is 2.20. The Kier molecular flexibility index (Phi) is 6.64. The molecule has 0 unspecified atom stereocenters. The summed E-state index contributed by atoms with van der Waals surface area (Å²) in [6.45, 7) is 9.29. The molecule has 0 radical (unpaired) electrons. The Balaban J connectivity index is 3.00. The zero-order valence-corrected chi connectivity index (χ0v) is 13.2. The van der Waals surface area contributed by atoms with Gasteiger partial charge in [-0.05, 0) is 51.0 Å². The van der Waals surface area contributed by atoms with E-state index in [0.29, 0.717) is 25.9 Å². The number of halogens is 1. The van der Waals surface area contributed by atoms with E-state index in [9.17, 15) is 4.39 Å². The number of rotatable bonds is 8. The minimum Gasteiger partial charge on any atom is -0.374 e. The molecular weight excluding hydrogens is 263 g/mol. The highest BCUT2D eigenvalue weighted by Gasteiger charge is 2.41. The van der Waals surface area contributed by atoms with Gasteiger partial charge in [0, 0.05) is 25.9 Å². The van der Waals surface area contributed by atoms with Gasteiger partial charge in [-0.1, -0.05) is 6.07 Å². The second-order valence-corrected chi connectivity index (χ2v) is 6.82. The van der Waals surface area contributed by atoms with Gasteiger partial charge in [0.2, 0.25) is 0 Å². The summed E-state index contributed by atoms with van der Waals surface area (Å²) in [5, 5.41) is 0. The van der Waals surface area contributed by atoms with Gasteiger partial charge in [-0.2, -0.15) is 0 Å². The molecule has 1 aromatic rings. The van der Waals surface area contributed by atoms with Gasteiger partial charge in [0.15, 0.2) is 0 Å². The lowest BCUT2D eigenvalue weighted by molar-refractivity contribution is 0.0703. The summed E-state index contributed by atoms with van der Waals surface area (Å²) < 4.78 is 30.7. The van der Waals surface area contributed by atoms with Crippen molar-refractivity contribution in [3.63, 3.8) is 0 Å². The van der Waals surface area contributed by atoms with Crippen LogP contribution in [-0.2, 0) is 19.3 Å². The molecule has 0 aliphatic heterocycles. The van der Waals surface area contributed by atoms with E-state index in [-0.39, 0.29) is 5.82 Å². The van der Waals surface area contributed by atoms with Crippen LogP contribution < -0.4 is 0 Å². The average Bonchev–Trinajstić information content (AvgIpc) is 2.35. The van der Waals surface area contributed by atoms with Gasteiger partial charge < -0.3 is 13.3 Å². The van der Waals surface area contributed by atoms with E-state index in [1.165, 1.54) is 12.1 Å². The van der Waals surface area contributed by atoms with Gasteiger partial charge in [0.25, 0.3) is 0 Å². The normalized spacial score (nSPS) is 11.8. The van der Waals surface area contributed by atoms with Gasteiger partial charge in [0.1, 0.15) is 5.82 Å². The number of hydrogen-bond donors (Lipinski definition) is 0. The molecule has 0 bridgehead atoms. The SMILES string of the molecule is CCO[Si](Cc1cc(F)ccc1C)(OCC)OCC. The second kappa shape index (κ2) is 7.74. The van der Waals surface area contributed by atoms with Crippen LogP contribution in [0.25, 0.3) is 0 Å². The summed E-state index contributed by atoms with van der Waals surface area (Å²) in [4.78, 5) is 0. The Bertz CT molecular complexity index is 381. The Morgan fingerprint density at radius 2 is 1.53 bits per heavy atom. The van der Waals surface area contributed by atoms with Crippen molar-refractivity contribution in [2.45, 2.75) is 33.7 Å². The van der Waals surface area contributed by atoms with Crippen LogP contribution in [0.5, 0.6) is 0 Å². The zero-order chi connectivity index (χ0) is 14.3. The monoisotopic (exact) mass is 286 g/mol. The Morgan fingerprint density at radius 3 is 2.00 bits per heavy atom. The fraction of sp³-hybridized carbons (Fsp3) is 0.571. The summed E-state index contributed by atoms with van der Waals surface area (Å²) in [6, 6.07) is 5.28. The molecule has 0 spiro atoms. The van der Waals surface area contributed by atoms with E-state index in [1.807, 2.05) is 27.7 Å². The lowest BCUT2D eigenvalue weighted by Crippen LogP contribution is -2.48. The van der Waals surface area contributed by atoms with Crippen LogP contribution in [0.2, 0.25) is 0 Å². The zero-order valence-electron chi connectivity index (χ0n) is 12.2. The molecule has 0 atom stereocenters. The maximum atomic E-state index is 13.4. The van der Waals surface area contributed by atoms with E-state index >= 15 is 0 Å². The van der Waals surface area contributed by atoms with Gasteiger partial charge in [0.05, 0.1) is 0 Å². The number of aryl methyl sites for hydroxylation is 1. The molecule has 0 fully saturated rings. The highest BCUT2D eigenvalue weighted by atomic mass is 28.4. The van der Waals surface area contributed by atoms with E-state index in [4.69, 9.17) is 13.3 Å². The van der Waals surface area contributed by atoms with Crippen LogP contribution in [0.3, 0.4) is 0 Å². The largest absolute Gasteiger partial charge is 0.505 e. The van der Waals surface area contributed by atoms with Gasteiger partial charge >= 0.3 is 8.80 Å².